The number of nitrogens with one attached hydrogen (secondary N) is 1. The molecule has 0 saturated carbocycles. The molecule has 0 aromatic carbocycles. The van der Waals surface area contributed by atoms with Crippen molar-refractivity contribution in [1.82, 2.24) is 19.9 Å². The molecule has 3 heterocycles. The summed E-state index contributed by atoms with van der Waals surface area (Å²) in [6.07, 6.45) is 2.93. The zero-order valence-corrected chi connectivity index (χ0v) is 11.9. The molecule has 0 unspecified atom stereocenters. The summed E-state index contributed by atoms with van der Waals surface area (Å²) < 4.78 is 0. The van der Waals surface area contributed by atoms with Crippen LogP contribution in [0, 0.1) is 6.92 Å². The fourth-order valence-corrected chi connectivity index (χ4v) is 2.61. The Morgan fingerprint density at radius 1 is 1.25 bits per heavy atom. The lowest BCUT2D eigenvalue weighted by Gasteiger charge is -2.12. The number of pyridine rings is 1. The minimum absolute atomic E-state index is 0.506. The second-order valence-corrected chi connectivity index (χ2v) is 5.31. The van der Waals surface area contributed by atoms with E-state index in [-0.39, 0.29) is 0 Å². The molecular formula is C15H19N5. The van der Waals surface area contributed by atoms with Crippen LogP contribution in [-0.2, 0) is 0 Å². The summed E-state index contributed by atoms with van der Waals surface area (Å²) in [7, 11) is 2.15. The van der Waals surface area contributed by atoms with Gasteiger partial charge in [0.25, 0.3) is 0 Å². The van der Waals surface area contributed by atoms with Crippen molar-refractivity contribution in [2.45, 2.75) is 19.3 Å². The van der Waals surface area contributed by atoms with Crippen LogP contribution in [0.2, 0.25) is 0 Å². The summed E-state index contributed by atoms with van der Waals surface area (Å²) in [5.74, 6) is 2.93. The van der Waals surface area contributed by atoms with Gasteiger partial charge in [0.2, 0.25) is 0 Å². The van der Waals surface area contributed by atoms with E-state index < -0.39 is 0 Å². The van der Waals surface area contributed by atoms with E-state index in [1.807, 2.05) is 31.2 Å². The summed E-state index contributed by atoms with van der Waals surface area (Å²) >= 11 is 0. The van der Waals surface area contributed by atoms with E-state index in [1.54, 1.807) is 6.20 Å². The number of hydrogen-bond donors (Lipinski definition) is 1. The van der Waals surface area contributed by atoms with Gasteiger partial charge in [0.05, 0.1) is 5.69 Å². The summed E-state index contributed by atoms with van der Waals surface area (Å²) in [6.45, 7) is 4.14. The van der Waals surface area contributed by atoms with Gasteiger partial charge in [-0.15, -0.1) is 0 Å². The summed E-state index contributed by atoms with van der Waals surface area (Å²) in [5, 5.41) is 3.24. The molecule has 1 aliphatic heterocycles. The van der Waals surface area contributed by atoms with E-state index >= 15 is 0 Å². The van der Waals surface area contributed by atoms with Crippen LogP contribution in [0.3, 0.4) is 0 Å². The SMILES string of the molecule is Cc1nc(Nc2ccccn2)cc([C@@H]2CCN(C)C2)n1. The molecule has 0 spiro atoms. The molecular weight excluding hydrogens is 250 g/mol. The second kappa shape index (κ2) is 5.54. The quantitative estimate of drug-likeness (QED) is 0.927. The standard InChI is InChI=1S/C15H19N5/c1-11-17-13(12-6-8-20(2)10-12)9-15(18-11)19-14-5-3-4-7-16-14/h3-5,7,9,12H,6,8,10H2,1-2H3,(H,16,17,18,19)/t12-/m1/s1. The van der Waals surface area contributed by atoms with Gasteiger partial charge < -0.3 is 10.2 Å². The minimum Gasteiger partial charge on any atom is -0.325 e. The van der Waals surface area contributed by atoms with Gasteiger partial charge in [-0.05, 0) is 39.1 Å². The number of aryl methyl sites for hydroxylation is 1. The molecule has 1 aliphatic rings. The Labute approximate surface area is 119 Å². The fourth-order valence-electron chi connectivity index (χ4n) is 2.61. The van der Waals surface area contributed by atoms with Crippen LogP contribution in [0.1, 0.15) is 23.9 Å². The lowest BCUT2D eigenvalue weighted by atomic mass is 10.0. The minimum atomic E-state index is 0.506. The number of rotatable bonds is 3. The average molecular weight is 269 g/mol. The molecule has 1 fully saturated rings. The molecule has 3 rings (SSSR count). The Bertz CT molecular complexity index is 584. The second-order valence-electron chi connectivity index (χ2n) is 5.31. The average Bonchev–Trinajstić information content (AvgIpc) is 2.86. The van der Waals surface area contributed by atoms with Crippen LogP contribution in [-0.4, -0.2) is 40.0 Å². The van der Waals surface area contributed by atoms with E-state index in [4.69, 9.17) is 0 Å². The zero-order chi connectivity index (χ0) is 13.9. The summed E-state index contributed by atoms with van der Waals surface area (Å²) in [4.78, 5) is 15.6. The van der Waals surface area contributed by atoms with Gasteiger partial charge in [0.1, 0.15) is 17.5 Å². The Morgan fingerprint density at radius 2 is 2.15 bits per heavy atom. The van der Waals surface area contributed by atoms with Crippen molar-refractivity contribution in [3.05, 3.63) is 42.0 Å². The van der Waals surface area contributed by atoms with Crippen LogP contribution in [0.15, 0.2) is 30.5 Å². The van der Waals surface area contributed by atoms with Gasteiger partial charge >= 0.3 is 0 Å². The van der Waals surface area contributed by atoms with Crippen molar-refractivity contribution in [2.24, 2.45) is 0 Å². The number of likely N-dealkylation sites (N-methyl/N-ethyl adjacent to an activating group) is 1. The third-order valence-corrected chi connectivity index (χ3v) is 3.59. The molecule has 2 aromatic rings. The maximum absolute atomic E-state index is 4.59. The molecule has 0 radical (unpaired) electrons. The third-order valence-electron chi connectivity index (χ3n) is 3.59. The number of aromatic nitrogens is 3. The topological polar surface area (TPSA) is 53.9 Å². The predicted molar refractivity (Wildman–Crippen MR) is 79.1 cm³/mol. The van der Waals surface area contributed by atoms with Gasteiger partial charge in [-0.1, -0.05) is 6.07 Å². The number of anilines is 2. The largest absolute Gasteiger partial charge is 0.325 e. The monoisotopic (exact) mass is 269 g/mol. The molecule has 1 saturated heterocycles. The predicted octanol–water partition coefficient (Wildman–Crippen LogP) is 2.34. The molecule has 2 aromatic heterocycles. The molecule has 0 bridgehead atoms. The van der Waals surface area contributed by atoms with Crippen LogP contribution >= 0.6 is 0 Å². The van der Waals surface area contributed by atoms with Crippen molar-refractivity contribution < 1.29 is 0 Å². The molecule has 5 heteroatoms. The van der Waals surface area contributed by atoms with Crippen LogP contribution in [0.5, 0.6) is 0 Å². The highest BCUT2D eigenvalue weighted by molar-refractivity contribution is 5.51. The van der Waals surface area contributed by atoms with E-state index in [0.717, 1.165) is 42.7 Å². The molecule has 104 valence electrons. The van der Waals surface area contributed by atoms with Crippen molar-refractivity contribution in [1.29, 1.82) is 0 Å². The number of nitrogens with zero attached hydrogens (tertiary/aromatic N) is 4. The molecule has 1 N–H and O–H groups in total. The van der Waals surface area contributed by atoms with E-state index in [9.17, 15) is 0 Å². The van der Waals surface area contributed by atoms with Crippen molar-refractivity contribution in [2.75, 3.05) is 25.5 Å². The van der Waals surface area contributed by atoms with Crippen LogP contribution < -0.4 is 5.32 Å². The van der Waals surface area contributed by atoms with Crippen molar-refractivity contribution in [3.8, 4) is 0 Å². The molecule has 20 heavy (non-hydrogen) atoms. The summed E-state index contributed by atoms with van der Waals surface area (Å²) in [6, 6.07) is 7.83. The highest BCUT2D eigenvalue weighted by atomic mass is 15.1. The van der Waals surface area contributed by atoms with Crippen LogP contribution in [0.4, 0.5) is 11.6 Å². The Hall–Kier alpha value is -2.01. The smallest absolute Gasteiger partial charge is 0.135 e. The van der Waals surface area contributed by atoms with Gasteiger partial charge in [-0.25, -0.2) is 15.0 Å². The van der Waals surface area contributed by atoms with Gasteiger partial charge in [0.15, 0.2) is 0 Å². The first-order valence-electron chi connectivity index (χ1n) is 6.93. The molecule has 0 amide bonds. The van der Waals surface area contributed by atoms with Gasteiger partial charge in [0, 0.05) is 24.7 Å². The zero-order valence-electron chi connectivity index (χ0n) is 11.9. The first-order chi connectivity index (χ1) is 9.70. The molecule has 1 atom stereocenters. The van der Waals surface area contributed by atoms with Gasteiger partial charge in [-0.3, -0.25) is 0 Å². The van der Waals surface area contributed by atoms with E-state index in [0.29, 0.717) is 5.92 Å². The fraction of sp³-hybridized carbons (Fsp3) is 0.400. The maximum atomic E-state index is 4.59. The van der Waals surface area contributed by atoms with Gasteiger partial charge in [-0.2, -0.15) is 0 Å². The third kappa shape index (κ3) is 2.93. The highest BCUT2D eigenvalue weighted by Crippen LogP contribution is 2.26. The van der Waals surface area contributed by atoms with E-state index in [2.05, 4.69) is 32.2 Å². The Morgan fingerprint density at radius 3 is 2.85 bits per heavy atom. The number of likely N-dealkylation sites (tertiary alicyclic amines) is 1. The maximum Gasteiger partial charge on any atom is 0.135 e. The normalized spacial score (nSPS) is 19.2. The number of hydrogen-bond acceptors (Lipinski definition) is 5. The molecule has 5 nitrogen and oxygen atoms in total. The Balaban J connectivity index is 1.83. The highest BCUT2D eigenvalue weighted by Gasteiger charge is 2.23. The van der Waals surface area contributed by atoms with Crippen LogP contribution in [0.25, 0.3) is 0 Å². The lowest BCUT2D eigenvalue weighted by Crippen LogP contribution is -2.14. The van der Waals surface area contributed by atoms with Crippen molar-refractivity contribution >= 4 is 11.6 Å². The van der Waals surface area contributed by atoms with E-state index in [1.165, 1.54) is 0 Å². The van der Waals surface area contributed by atoms with Crippen molar-refractivity contribution in [3.63, 3.8) is 0 Å². The Kier molecular flexibility index (Phi) is 3.60. The lowest BCUT2D eigenvalue weighted by molar-refractivity contribution is 0.410. The molecule has 0 aliphatic carbocycles. The first kappa shape index (κ1) is 13.0. The summed E-state index contributed by atoms with van der Waals surface area (Å²) in [5.41, 5.74) is 1.13. The first-order valence-corrected chi connectivity index (χ1v) is 6.93.